The summed E-state index contributed by atoms with van der Waals surface area (Å²) in [6, 6.07) is 1.98. The first-order chi connectivity index (χ1) is 7.09. The minimum absolute atomic E-state index is 0.524. The largest absolute Gasteiger partial charge is 0.401 e. The maximum atomic E-state index is 5.59. The molecule has 5 nitrogen and oxygen atoms in total. The molecule has 0 radical (unpaired) electrons. The van der Waals surface area contributed by atoms with E-state index in [-0.39, 0.29) is 0 Å². The Morgan fingerprint density at radius 1 is 1.60 bits per heavy atom. The zero-order valence-corrected chi connectivity index (χ0v) is 9.14. The fourth-order valence-electron chi connectivity index (χ4n) is 1.04. The molecule has 15 heavy (non-hydrogen) atoms. The molecule has 1 heterocycles. The van der Waals surface area contributed by atoms with Crippen LogP contribution in [0.2, 0.25) is 0 Å². The van der Waals surface area contributed by atoms with Crippen molar-refractivity contribution >= 4 is 6.21 Å². The molecule has 0 bridgehead atoms. The smallest absolute Gasteiger partial charge is 0.0683 e. The predicted molar refractivity (Wildman–Crippen MR) is 61.3 cm³/mol. The van der Waals surface area contributed by atoms with Crippen LogP contribution in [0.3, 0.4) is 0 Å². The second-order valence-electron chi connectivity index (χ2n) is 3.40. The first-order valence-electron chi connectivity index (χ1n) is 4.80. The minimum Gasteiger partial charge on any atom is -0.401 e. The van der Waals surface area contributed by atoms with Crippen molar-refractivity contribution < 1.29 is 0 Å². The molecule has 0 aliphatic carbocycles. The summed E-state index contributed by atoms with van der Waals surface area (Å²) in [5.74, 6) is 0. The second kappa shape index (κ2) is 5.19. The standard InChI is InChI=1S/C10H17N5/c1-8(11)10(12)7-13-5-3-9-4-6-15(2)14-9/h4,6-7H,3,5,11-12H2,1-2H3/b10-8+,13-7?. The molecule has 0 aliphatic rings. The van der Waals surface area contributed by atoms with Crippen LogP contribution in [0.15, 0.2) is 28.6 Å². The van der Waals surface area contributed by atoms with Crippen molar-refractivity contribution in [2.75, 3.05) is 6.54 Å². The molecule has 1 rings (SSSR count). The van der Waals surface area contributed by atoms with E-state index >= 15 is 0 Å². The molecule has 0 unspecified atom stereocenters. The molecule has 0 saturated carbocycles. The molecule has 0 fully saturated rings. The van der Waals surface area contributed by atoms with Crippen LogP contribution in [-0.2, 0) is 13.5 Å². The van der Waals surface area contributed by atoms with Gasteiger partial charge in [0, 0.05) is 38.1 Å². The number of nitrogens with zero attached hydrogens (tertiary/aromatic N) is 3. The highest BCUT2D eigenvalue weighted by Gasteiger charge is 1.94. The van der Waals surface area contributed by atoms with Crippen LogP contribution in [0.25, 0.3) is 0 Å². The Balaban J connectivity index is 2.37. The van der Waals surface area contributed by atoms with Crippen molar-refractivity contribution in [3.63, 3.8) is 0 Å². The molecule has 4 N–H and O–H groups in total. The van der Waals surface area contributed by atoms with Crippen LogP contribution in [0.5, 0.6) is 0 Å². The number of allylic oxidation sites excluding steroid dienone is 2. The van der Waals surface area contributed by atoms with Gasteiger partial charge in [-0.05, 0) is 13.0 Å². The number of hydrogen-bond acceptors (Lipinski definition) is 4. The SMILES string of the molecule is C/C(N)=C(\N)C=NCCc1ccn(C)n1. The van der Waals surface area contributed by atoms with Gasteiger partial charge in [0.25, 0.3) is 0 Å². The Morgan fingerprint density at radius 3 is 2.87 bits per heavy atom. The molecular weight excluding hydrogens is 190 g/mol. The van der Waals surface area contributed by atoms with E-state index in [1.807, 2.05) is 19.3 Å². The molecule has 0 saturated heterocycles. The van der Waals surface area contributed by atoms with E-state index in [2.05, 4.69) is 10.1 Å². The zero-order valence-electron chi connectivity index (χ0n) is 9.14. The highest BCUT2D eigenvalue weighted by Crippen LogP contribution is 1.95. The molecule has 1 aromatic rings. The van der Waals surface area contributed by atoms with Crippen molar-refractivity contribution in [3.8, 4) is 0 Å². The monoisotopic (exact) mass is 207 g/mol. The first-order valence-corrected chi connectivity index (χ1v) is 4.80. The van der Waals surface area contributed by atoms with Gasteiger partial charge in [0.15, 0.2) is 0 Å². The van der Waals surface area contributed by atoms with Gasteiger partial charge in [-0.25, -0.2) is 0 Å². The van der Waals surface area contributed by atoms with Gasteiger partial charge in [-0.1, -0.05) is 0 Å². The maximum absolute atomic E-state index is 5.59. The number of nitrogens with two attached hydrogens (primary N) is 2. The van der Waals surface area contributed by atoms with Crippen molar-refractivity contribution in [2.45, 2.75) is 13.3 Å². The van der Waals surface area contributed by atoms with E-state index < -0.39 is 0 Å². The summed E-state index contributed by atoms with van der Waals surface area (Å²) in [5, 5.41) is 4.24. The Kier molecular flexibility index (Phi) is 3.91. The number of aliphatic imine (C=N–C) groups is 1. The van der Waals surface area contributed by atoms with Crippen LogP contribution in [-0.4, -0.2) is 22.5 Å². The third-order valence-electron chi connectivity index (χ3n) is 1.95. The van der Waals surface area contributed by atoms with Gasteiger partial charge in [-0.3, -0.25) is 9.67 Å². The summed E-state index contributed by atoms with van der Waals surface area (Å²) < 4.78 is 1.78. The van der Waals surface area contributed by atoms with Gasteiger partial charge >= 0.3 is 0 Å². The highest BCUT2D eigenvalue weighted by molar-refractivity contribution is 5.77. The average Bonchev–Trinajstić information content (AvgIpc) is 2.58. The molecule has 0 aromatic carbocycles. The molecule has 0 spiro atoms. The first kappa shape index (κ1) is 11.3. The second-order valence-corrected chi connectivity index (χ2v) is 3.40. The van der Waals surface area contributed by atoms with Crippen LogP contribution < -0.4 is 11.5 Å². The quantitative estimate of drug-likeness (QED) is 0.691. The number of hydrogen-bond donors (Lipinski definition) is 2. The fourth-order valence-corrected chi connectivity index (χ4v) is 1.04. The summed E-state index contributed by atoms with van der Waals surface area (Å²) >= 11 is 0. The lowest BCUT2D eigenvalue weighted by atomic mass is 10.3. The van der Waals surface area contributed by atoms with E-state index in [4.69, 9.17) is 11.5 Å². The van der Waals surface area contributed by atoms with Crippen LogP contribution in [0.4, 0.5) is 0 Å². The average molecular weight is 207 g/mol. The third kappa shape index (κ3) is 3.84. The lowest BCUT2D eigenvalue weighted by Gasteiger charge is -1.95. The van der Waals surface area contributed by atoms with Crippen molar-refractivity contribution in [3.05, 3.63) is 29.4 Å². The number of rotatable bonds is 4. The normalized spacial score (nSPS) is 13.2. The van der Waals surface area contributed by atoms with Gasteiger partial charge in [0.05, 0.1) is 11.4 Å². The van der Waals surface area contributed by atoms with Gasteiger partial charge in [0.2, 0.25) is 0 Å². The maximum Gasteiger partial charge on any atom is 0.0683 e. The Labute approximate surface area is 89.5 Å². The molecular formula is C10H17N5. The molecule has 1 aromatic heterocycles. The van der Waals surface area contributed by atoms with E-state index in [1.54, 1.807) is 17.8 Å². The zero-order chi connectivity index (χ0) is 11.3. The highest BCUT2D eigenvalue weighted by atomic mass is 15.2. The number of aryl methyl sites for hydroxylation is 1. The Bertz CT molecular complexity index is 371. The summed E-state index contributed by atoms with van der Waals surface area (Å²) in [5.41, 5.74) is 13.2. The summed E-state index contributed by atoms with van der Waals surface area (Å²) in [6.07, 6.45) is 4.32. The van der Waals surface area contributed by atoms with E-state index in [9.17, 15) is 0 Å². The lowest BCUT2D eigenvalue weighted by Crippen LogP contribution is -2.08. The fraction of sp³-hybridized carbons (Fsp3) is 0.400. The van der Waals surface area contributed by atoms with Crippen molar-refractivity contribution in [2.24, 2.45) is 23.5 Å². The molecule has 0 amide bonds. The van der Waals surface area contributed by atoms with Gasteiger partial charge < -0.3 is 11.5 Å². The van der Waals surface area contributed by atoms with E-state index in [0.717, 1.165) is 12.1 Å². The van der Waals surface area contributed by atoms with Crippen LogP contribution in [0.1, 0.15) is 12.6 Å². The predicted octanol–water partition coefficient (Wildman–Crippen LogP) is 0.182. The van der Waals surface area contributed by atoms with E-state index in [0.29, 0.717) is 17.9 Å². The third-order valence-corrected chi connectivity index (χ3v) is 1.95. The topological polar surface area (TPSA) is 82.2 Å². The lowest BCUT2D eigenvalue weighted by molar-refractivity contribution is 0.739. The molecule has 0 aliphatic heterocycles. The van der Waals surface area contributed by atoms with E-state index in [1.165, 1.54) is 0 Å². The summed E-state index contributed by atoms with van der Waals surface area (Å²) in [6.45, 7) is 2.42. The number of aromatic nitrogens is 2. The molecule has 5 heteroatoms. The van der Waals surface area contributed by atoms with Gasteiger partial charge in [0.1, 0.15) is 0 Å². The van der Waals surface area contributed by atoms with Crippen molar-refractivity contribution in [1.29, 1.82) is 0 Å². The van der Waals surface area contributed by atoms with Crippen LogP contribution >= 0.6 is 0 Å². The molecule has 82 valence electrons. The molecule has 0 atom stereocenters. The summed E-state index contributed by atoms with van der Waals surface area (Å²) in [4.78, 5) is 4.16. The van der Waals surface area contributed by atoms with Gasteiger partial charge in [-0.15, -0.1) is 0 Å². The Hall–Kier alpha value is -1.78. The van der Waals surface area contributed by atoms with Gasteiger partial charge in [-0.2, -0.15) is 5.10 Å². The van der Waals surface area contributed by atoms with Crippen molar-refractivity contribution in [1.82, 2.24) is 9.78 Å². The summed E-state index contributed by atoms with van der Waals surface area (Å²) in [7, 11) is 1.89. The minimum atomic E-state index is 0.524. The van der Waals surface area contributed by atoms with Crippen LogP contribution in [0, 0.1) is 0 Å². The Morgan fingerprint density at radius 2 is 2.33 bits per heavy atom.